The van der Waals surface area contributed by atoms with Crippen LogP contribution >= 0.6 is 0 Å². The Morgan fingerprint density at radius 3 is 2.69 bits per heavy atom. The molecule has 90 valence electrons. The predicted octanol–water partition coefficient (Wildman–Crippen LogP) is 0.659. The molecule has 1 saturated heterocycles. The lowest BCUT2D eigenvalue weighted by molar-refractivity contribution is -0.146. The molecule has 2 rings (SSSR count). The summed E-state index contributed by atoms with van der Waals surface area (Å²) in [6.07, 6.45) is -3.71. The standard InChI is InChI=1S/C8H10F3N3O2/c9-8(10,11)5-13-6(16-14-5)7(15)2-1-3-12-4-7/h12,15H,1-4H2. The summed E-state index contributed by atoms with van der Waals surface area (Å²) in [6.45, 7) is 0.828. The number of nitrogens with one attached hydrogen (secondary N) is 1. The van der Waals surface area contributed by atoms with Gasteiger partial charge in [0.15, 0.2) is 5.60 Å². The first-order chi connectivity index (χ1) is 7.42. The molecular weight excluding hydrogens is 227 g/mol. The fraction of sp³-hybridized carbons (Fsp3) is 0.750. The Labute approximate surface area is 88.6 Å². The molecule has 0 spiro atoms. The van der Waals surface area contributed by atoms with Crippen LogP contribution in [0, 0.1) is 0 Å². The molecule has 16 heavy (non-hydrogen) atoms. The minimum Gasteiger partial charge on any atom is -0.379 e. The number of halogens is 3. The zero-order valence-corrected chi connectivity index (χ0v) is 8.21. The van der Waals surface area contributed by atoms with Gasteiger partial charge in [0, 0.05) is 6.54 Å². The van der Waals surface area contributed by atoms with Crippen molar-refractivity contribution in [3.8, 4) is 0 Å². The minimum atomic E-state index is -4.65. The van der Waals surface area contributed by atoms with Crippen molar-refractivity contribution in [2.45, 2.75) is 24.6 Å². The molecule has 1 atom stereocenters. The topological polar surface area (TPSA) is 71.2 Å². The molecule has 0 radical (unpaired) electrons. The van der Waals surface area contributed by atoms with E-state index >= 15 is 0 Å². The third kappa shape index (κ3) is 2.03. The molecule has 5 nitrogen and oxygen atoms in total. The van der Waals surface area contributed by atoms with Crippen LogP contribution in [0.2, 0.25) is 0 Å². The summed E-state index contributed by atoms with van der Waals surface area (Å²) >= 11 is 0. The van der Waals surface area contributed by atoms with Gasteiger partial charge in [0.25, 0.3) is 11.7 Å². The third-order valence-corrected chi connectivity index (χ3v) is 2.44. The van der Waals surface area contributed by atoms with Crippen molar-refractivity contribution in [2.24, 2.45) is 0 Å². The van der Waals surface area contributed by atoms with Crippen LogP contribution < -0.4 is 5.32 Å². The van der Waals surface area contributed by atoms with Gasteiger partial charge in [0.2, 0.25) is 0 Å². The number of alkyl halides is 3. The molecule has 0 aliphatic carbocycles. The molecule has 8 heteroatoms. The maximum absolute atomic E-state index is 12.2. The van der Waals surface area contributed by atoms with Crippen LogP contribution in [0.25, 0.3) is 0 Å². The van der Waals surface area contributed by atoms with Crippen LogP contribution in [0.4, 0.5) is 13.2 Å². The number of aliphatic hydroxyl groups is 1. The Bertz CT molecular complexity index is 371. The Hall–Kier alpha value is -1.15. The number of piperidine rings is 1. The Morgan fingerprint density at radius 2 is 2.19 bits per heavy atom. The summed E-state index contributed by atoms with van der Waals surface area (Å²) in [7, 11) is 0. The number of β-amino-alcohol motifs (C(OH)–C–C–N with tert-alkyl or cyclic N) is 1. The lowest BCUT2D eigenvalue weighted by atomic mass is 9.94. The number of hydrogen-bond acceptors (Lipinski definition) is 5. The van der Waals surface area contributed by atoms with E-state index in [1.165, 1.54) is 0 Å². The molecule has 0 bridgehead atoms. The number of aromatic nitrogens is 2. The van der Waals surface area contributed by atoms with Crippen molar-refractivity contribution < 1.29 is 22.8 Å². The highest BCUT2D eigenvalue weighted by atomic mass is 19.4. The van der Waals surface area contributed by atoms with Gasteiger partial charge >= 0.3 is 6.18 Å². The van der Waals surface area contributed by atoms with E-state index in [9.17, 15) is 18.3 Å². The van der Waals surface area contributed by atoms with Gasteiger partial charge in [-0.25, -0.2) is 0 Å². The number of rotatable bonds is 1. The molecule has 2 heterocycles. The normalized spacial score (nSPS) is 27.0. The lowest BCUT2D eigenvalue weighted by Crippen LogP contribution is -2.43. The van der Waals surface area contributed by atoms with Gasteiger partial charge in [0.1, 0.15) is 0 Å². The van der Waals surface area contributed by atoms with Crippen LogP contribution in [0.3, 0.4) is 0 Å². The van der Waals surface area contributed by atoms with E-state index in [0.717, 1.165) is 0 Å². The number of hydrogen-bond donors (Lipinski definition) is 2. The quantitative estimate of drug-likeness (QED) is 0.750. The van der Waals surface area contributed by atoms with Crippen LogP contribution in [0.5, 0.6) is 0 Å². The molecule has 1 unspecified atom stereocenters. The highest BCUT2D eigenvalue weighted by molar-refractivity contribution is 5.03. The molecule has 1 aromatic heterocycles. The van der Waals surface area contributed by atoms with Crippen molar-refractivity contribution in [1.82, 2.24) is 15.5 Å². The molecule has 0 saturated carbocycles. The lowest BCUT2D eigenvalue weighted by Gasteiger charge is -2.28. The maximum Gasteiger partial charge on any atom is 0.455 e. The summed E-state index contributed by atoms with van der Waals surface area (Å²) in [5, 5.41) is 15.7. The summed E-state index contributed by atoms with van der Waals surface area (Å²) in [6, 6.07) is 0. The maximum atomic E-state index is 12.2. The molecule has 1 fully saturated rings. The highest BCUT2D eigenvalue weighted by Gasteiger charge is 2.42. The first-order valence-electron chi connectivity index (χ1n) is 4.76. The highest BCUT2D eigenvalue weighted by Crippen LogP contribution is 2.31. The first-order valence-corrected chi connectivity index (χ1v) is 4.76. The van der Waals surface area contributed by atoms with Crippen molar-refractivity contribution in [2.75, 3.05) is 13.1 Å². The van der Waals surface area contributed by atoms with E-state index in [1.54, 1.807) is 0 Å². The van der Waals surface area contributed by atoms with Gasteiger partial charge in [-0.1, -0.05) is 5.16 Å². The van der Waals surface area contributed by atoms with E-state index < -0.39 is 17.6 Å². The summed E-state index contributed by atoms with van der Waals surface area (Å²) < 4.78 is 41.1. The Morgan fingerprint density at radius 1 is 1.44 bits per heavy atom. The Balaban J connectivity index is 2.24. The van der Waals surface area contributed by atoms with Gasteiger partial charge in [-0.05, 0) is 19.4 Å². The molecule has 1 aliphatic heterocycles. The zero-order chi connectivity index (χ0) is 11.8. The molecule has 0 amide bonds. The van der Waals surface area contributed by atoms with Crippen LogP contribution in [-0.2, 0) is 11.8 Å². The van der Waals surface area contributed by atoms with Gasteiger partial charge < -0.3 is 14.9 Å². The third-order valence-electron chi connectivity index (χ3n) is 2.44. The van der Waals surface area contributed by atoms with Gasteiger partial charge in [-0.3, -0.25) is 0 Å². The van der Waals surface area contributed by atoms with Crippen molar-refractivity contribution in [3.05, 3.63) is 11.7 Å². The van der Waals surface area contributed by atoms with Crippen molar-refractivity contribution >= 4 is 0 Å². The van der Waals surface area contributed by atoms with Crippen molar-refractivity contribution in [1.29, 1.82) is 0 Å². The van der Waals surface area contributed by atoms with E-state index in [1.807, 2.05) is 0 Å². The fourth-order valence-electron chi connectivity index (χ4n) is 1.60. The average molecular weight is 237 g/mol. The Kier molecular flexibility index (Phi) is 2.62. The number of nitrogens with zero attached hydrogens (tertiary/aromatic N) is 2. The van der Waals surface area contributed by atoms with Gasteiger partial charge in [-0.15, -0.1) is 0 Å². The van der Waals surface area contributed by atoms with E-state index in [2.05, 4.69) is 20.0 Å². The second-order valence-electron chi connectivity index (χ2n) is 3.73. The van der Waals surface area contributed by atoms with E-state index in [4.69, 9.17) is 0 Å². The SMILES string of the molecule is OC1(c2nc(C(F)(F)F)no2)CCCNC1. The summed E-state index contributed by atoms with van der Waals surface area (Å²) in [4.78, 5) is 3.18. The van der Waals surface area contributed by atoms with Crippen LogP contribution in [-0.4, -0.2) is 28.3 Å². The first kappa shape index (κ1) is 11.3. The molecule has 0 aromatic carbocycles. The van der Waals surface area contributed by atoms with Crippen LogP contribution in [0.1, 0.15) is 24.6 Å². The predicted molar refractivity (Wildman–Crippen MR) is 45.3 cm³/mol. The van der Waals surface area contributed by atoms with Gasteiger partial charge in [0.05, 0.1) is 0 Å². The minimum absolute atomic E-state index is 0.118. The largest absolute Gasteiger partial charge is 0.455 e. The van der Waals surface area contributed by atoms with Crippen molar-refractivity contribution in [3.63, 3.8) is 0 Å². The van der Waals surface area contributed by atoms with E-state index in [0.29, 0.717) is 19.4 Å². The second kappa shape index (κ2) is 3.70. The van der Waals surface area contributed by atoms with E-state index in [-0.39, 0.29) is 12.4 Å². The molecule has 1 aromatic rings. The van der Waals surface area contributed by atoms with Gasteiger partial charge in [-0.2, -0.15) is 18.2 Å². The summed E-state index contributed by atoms with van der Waals surface area (Å²) in [5.41, 5.74) is -1.49. The fourth-order valence-corrected chi connectivity index (χ4v) is 1.60. The smallest absolute Gasteiger partial charge is 0.379 e. The molecule has 2 N–H and O–H groups in total. The average Bonchev–Trinajstić information content (AvgIpc) is 2.67. The molecular formula is C8H10F3N3O2. The molecule has 1 aliphatic rings. The summed E-state index contributed by atoms with van der Waals surface area (Å²) in [5.74, 6) is -1.74. The van der Waals surface area contributed by atoms with Crippen LogP contribution in [0.15, 0.2) is 4.52 Å². The second-order valence-corrected chi connectivity index (χ2v) is 3.73. The zero-order valence-electron chi connectivity index (χ0n) is 8.21. The monoisotopic (exact) mass is 237 g/mol.